The summed E-state index contributed by atoms with van der Waals surface area (Å²) in [4.78, 5) is 36.2. The van der Waals surface area contributed by atoms with Crippen LogP contribution in [0.2, 0.25) is 5.02 Å². The molecule has 4 aromatic rings. The van der Waals surface area contributed by atoms with Gasteiger partial charge in [0.15, 0.2) is 0 Å². The zero-order valence-corrected chi connectivity index (χ0v) is 25.8. The number of hydrogen-bond donors (Lipinski definition) is 0. The van der Waals surface area contributed by atoms with Gasteiger partial charge in [0.05, 0.1) is 28.9 Å². The molecule has 0 N–H and O–H groups in total. The van der Waals surface area contributed by atoms with Crippen molar-refractivity contribution in [3.63, 3.8) is 0 Å². The highest BCUT2D eigenvalue weighted by Crippen LogP contribution is 2.45. The Morgan fingerprint density at radius 3 is 2.59 bits per heavy atom. The van der Waals surface area contributed by atoms with Gasteiger partial charge in [-0.3, -0.25) is 14.5 Å². The van der Waals surface area contributed by atoms with Crippen LogP contribution < -0.4 is 4.90 Å². The summed E-state index contributed by atoms with van der Waals surface area (Å²) in [6, 6.07) is 12.9. The lowest BCUT2D eigenvalue weighted by molar-refractivity contribution is -0.126. The number of nitrogens with zero attached hydrogens (tertiary/aromatic N) is 6. The molecule has 0 bridgehead atoms. The van der Waals surface area contributed by atoms with Gasteiger partial charge < -0.3 is 9.47 Å². The molecule has 0 radical (unpaired) electrons. The normalized spacial score (nSPS) is 20.4. The van der Waals surface area contributed by atoms with E-state index in [1.165, 1.54) is 0 Å². The summed E-state index contributed by atoms with van der Waals surface area (Å²) in [6.07, 6.45) is 6.91. The van der Waals surface area contributed by atoms with Crippen LogP contribution >= 0.6 is 27.5 Å². The third-order valence-electron chi connectivity index (χ3n) is 8.14. The fourth-order valence-electron chi connectivity index (χ4n) is 6.14. The number of carbonyl (C=O) groups is 2. The number of imidazole rings is 1. The molecule has 0 aliphatic carbocycles. The van der Waals surface area contributed by atoms with Crippen LogP contribution in [0.1, 0.15) is 49.2 Å². The van der Waals surface area contributed by atoms with E-state index in [2.05, 4.69) is 34.8 Å². The predicted molar refractivity (Wildman–Crippen MR) is 163 cm³/mol. The van der Waals surface area contributed by atoms with Crippen LogP contribution in [0, 0.1) is 11.8 Å². The minimum absolute atomic E-state index is 0.0448. The van der Waals surface area contributed by atoms with Gasteiger partial charge in [-0.05, 0) is 84.1 Å². The number of fused-ring (bicyclic) bond motifs is 3. The molecule has 6 rings (SSSR count). The van der Waals surface area contributed by atoms with Crippen LogP contribution in [0.4, 0.5) is 11.5 Å². The molecular weight excluding hydrogens is 604 g/mol. The average Bonchev–Trinajstić information content (AvgIpc) is 3.56. The highest BCUT2D eigenvalue weighted by Gasteiger charge is 2.48. The van der Waals surface area contributed by atoms with Gasteiger partial charge in [0.1, 0.15) is 11.6 Å². The lowest BCUT2D eigenvalue weighted by Crippen LogP contribution is -2.56. The van der Waals surface area contributed by atoms with Crippen LogP contribution in [0.5, 0.6) is 0 Å². The van der Waals surface area contributed by atoms with Crippen molar-refractivity contribution in [2.45, 2.75) is 45.7 Å². The molecule has 0 saturated carbocycles. The van der Waals surface area contributed by atoms with Crippen molar-refractivity contribution in [3.05, 3.63) is 81.7 Å². The van der Waals surface area contributed by atoms with E-state index in [1.54, 1.807) is 24.4 Å². The van der Waals surface area contributed by atoms with E-state index < -0.39 is 0 Å². The maximum atomic E-state index is 14.3. The summed E-state index contributed by atoms with van der Waals surface area (Å²) in [5, 5.41) is 5.32. The molecule has 1 saturated heterocycles. The molecule has 8 nitrogen and oxygen atoms in total. The van der Waals surface area contributed by atoms with Gasteiger partial charge in [0.25, 0.3) is 5.91 Å². The van der Waals surface area contributed by atoms with E-state index in [0.29, 0.717) is 29.5 Å². The van der Waals surface area contributed by atoms with Gasteiger partial charge >= 0.3 is 0 Å². The summed E-state index contributed by atoms with van der Waals surface area (Å²) >= 11 is 9.71. The maximum Gasteiger partial charge on any atom is 0.254 e. The highest BCUT2D eigenvalue weighted by atomic mass is 79.9. The third-order valence-corrected chi connectivity index (χ3v) is 9.37. The standard InChI is InChI=1S/C31H32BrClN6O2/c1-18(2)13-22-16-35-39-27-17-37(30(40)21-7-10-25(32)26(33)15-21)19(3)14-24(27)31(41)38(29(22)39)23-8-5-20(6-9-23)28-34-11-12-36(28)4/h5-12,15-16,18-19,24,27H,13-14,17H2,1-4H3/t19-,24?,27?/m0/s1. The molecule has 2 amide bonds. The molecule has 41 heavy (non-hydrogen) atoms. The van der Waals surface area contributed by atoms with E-state index in [9.17, 15) is 9.59 Å². The summed E-state index contributed by atoms with van der Waals surface area (Å²) in [5.74, 6) is 1.69. The van der Waals surface area contributed by atoms with Crippen LogP contribution in [0.15, 0.2) is 65.5 Å². The molecule has 3 atom stereocenters. The summed E-state index contributed by atoms with van der Waals surface area (Å²) < 4.78 is 4.70. The average molecular weight is 636 g/mol. The lowest BCUT2D eigenvalue weighted by Gasteiger charge is -2.47. The Morgan fingerprint density at radius 1 is 1.17 bits per heavy atom. The zero-order chi connectivity index (χ0) is 29.0. The first-order valence-corrected chi connectivity index (χ1v) is 15.0. The Bertz CT molecular complexity index is 1630. The molecular formula is C31H32BrClN6O2. The number of hydrogen-bond acceptors (Lipinski definition) is 4. The van der Waals surface area contributed by atoms with Crippen molar-refractivity contribution >= 4 is 50.9 Å². The van der Waals surface area contributed by atoms with Crippen LogP contribution in [0.25, 0.3) is 11.4 Å². The number of benzene rings is 2. The third kappa shape index (κ3) is 4.89. The van der Waals surface area contributed by atoms with Gasteiger partial charge in [-0.15, -0.1) is 0 Å². The number of carbonyl (C=O) groups excluding carboxylic acids is 2. The molecule has 2 aromatic carbocycles. The van der Waals surface area contributed by atoms with Crippen molar-refractivity contribution in [2.24, 2.45) is 18.9 Å². The van der Waals surface area contributed by atoms with Gasteiger partial charge in [-0.2, -0.15) is 5.10 Å². The first-order chi connectivity index (χ1) is 19.6. The summed E-state index contributed by atoms with van der Waals surface area (Å²) in [5.41, 5.74) is 3.33. The largest absolute Gasteiger partial charge is 0.334 e. The van der Waals surface area contributed by atoms with Crippen LogP contribution in [-0.4, -0.2) is 48.6 Å². The van der Waals surface area contributed by atoms with Crippen molar-refractivity contribution in [1.82, 2.24) is 24.2 Å². The summed E-state index contributed by atoms with van der Waals surface area (Å²) in [6.45, 7) is 6.73. The first kappa shape index (κ1) is 27.7. The molecule has 2 unspecified atom stereocenters. The van der Waals surface area contributed by atoms with Crippen LogP contribution in [0.3, 0.4) is 0 Å². The van der Waals surface area contributed by atoms with E-state index in [1.807, 2.05) is 69.7 Å². The molecule has 1 fully saturated rings. The van der Waals surface area contributed by atoms with Crippen molar-refractivity contribution in [1.29, 1.82) is 0 Å². The Hall–Kier alpha value is -3.43. The second-order valence-corrected chi connectivity index (χ2v) is 12.7. The number of piperidine rings is 1. The first-order valence-electron chi connectivity index (χ1n) is 13.9. The molecule has 4 heterocycles. The molecule has 212 valence electrons. The van der Waals surface area contributed by atoms with Crippen molar-refractivity contribution in [2.75, 3.05) is 11.4 Å². The fourth-order valence-corrected chi connectivity index (χ4v) is 6.57. The molecule has 2 aliphatic heterocycles. The number of halogens is 2. The topological polar surface area (TPSA) is 76.3 Å². The van der Waals surface area contributed by atoms with Gasteiger partial charge in [-0.25, -0.2) is 9.67 Å². The van der Waals surface area contributed by atoms with E-state index in [-0.39, 0.29) is 29.8 Å². The Labute approximate surface area is 253 Å². The van der Waals surface area contributed by atoms with Gasteiger partial charge in [0, 0.05) is 53.2 Å². The SMILES string of the molecule is CC(C)Cc1cnn2c1N(c1ccc(-c3nccn3C)cc1)C(=O)C1C[C@H](C)N(C(=O)c3ccc(Br)c(Cl)c3)CC12. The van der Waals surface area contributed by atoms with E-state index in [0.717, 1.165) is 39.4 Å². The monoisotopic (exact) mass is 634 g/mol. The van der Waals surface area contributed by atoms with E-state index >= 15 is 0 Å². The zero-order valence-electron chi connectivity index (χ0n) is 23.5. The van der Waals surface area contributed by atoms with E-state index in [4.69, 9.17) is 16.7 Å². The highest BCUT2D eigenvalue weighted by molar-refractivity contribution is 9.10. The number of anilines is 2. The molecule has 0 spiro atoms. The number of amides is 2. The predicted octanol–water partition coefficient (Wildman–Crippen LogP) is 6.67. The second kappa shape index (κ2) is 10.8. The minimum atomic E-state index is -0.309. The second-order valence-electron chi connectivity index (χ2n) is 11.5. The Balaban J connectivity index is 1.38. The summed E-state index contributed by atoms with van der Waals surface area (Å²) in [7, 11) is 1.96. The molecule has 10 heteroatoms. The maximum absolute atomic E-state index is 14.3. The van der Waals surface area contributed by atoms with Gasteiger partial charge in [-0.1, -0.05) is 25.4 Å². The molecule has 2 aromatic heterocycles. The molecule has 2 aliphatic rings. The number of rotatable bonds is 5. The number of aryl methyl sites for hydroxylation is 1. The smallest absolute Gasteiger partial charge is 0.254 e. The number of aromatic nitrogens is 4. The van der Waals surface area contributed by atoms with Crippen LogP contribution in [-0.2, 0) is 18.3 Å². The number of likely N-dealkylation sites (tertiary alicyclic amines) is 1. The Morgan fingerprint density at radius 2 is 1.93 bits per heavy atom. The minimum Gasteiger partial charge on any atom is -0.334 e. The lowest BCUT2D eigenvalue weighted by atomic mass is 9.84. The van der Waals surface area contributed by atoms with Crippen molar-refractivity contribution < 1.29 is 9.59 Å². The van der Waals surface area contributed by atoms with Crippen molar-refractivity contribution in [3.8, 4) is 11.4 Å². The van der Waals surface area contributed by atoms with Gasteiger partial charge in [0.2, 0.25) is 5.91 Å². The Kier molecular flexibility index (Phi) is 7.28. The fraction of sp³-hybridized carbons (Fsp3) is 0.355. The quantitative estimate of drug-likeness (QED) is 0.246.